The minimum Gasteiger partial charge on any atom is -0.490 e. The first-order valence-electron chi connectivity index (χ1n) is 10.8. The minimum absolute atomic E-state index is 0.296. The largest absolute Gasteiger partial charge is 0.490 e. The standard InChI is InChI=1S/C26H25N3O4/c1-3-31-21-16-15-20(17-22(21)32-4-2)24(30)27-23(18-11-7-5-8-12-18)26-29-28-25(33-26)19-13-9-6-10-14-19/h5-17,23H,3-4H2,1-2H3,(H,27,30)/t23-/m1/s1. The van der Waals surface area contributed by atoms with E-state index in [-0.39, 0.29) is 5.91 Å². The molecule has 0 saturated heterocycles. The van der Waals surface area contributed by atoms with E-state index in [1.807, 2.05) is 74.5 Å². The second-order valence-corrected chi connectivity index (χ2v) is 7.16. The smallest absolute Gasteiger partial charge is 0.252 e. The summed E-state index contributed by atoms with van der Waals surface area (Å²) in [5.41, 5.74) is 2.07. The Morgan fingerprint density at radius 2 is 1.55 bits per heavy atom. The topological polar surface area (TPSA) is 86.5 Å². The van der Waals surface area contributed by atoms with Crippen molar-refractivity contribution in [1.82, 2.24) is 15.5 Å². The monoisotopic (exact) mass is 443 g/mol. The number of nitrogens with zero attached hydrogens (tertiary/aromatic N) is 2. The van der Waals surface area contributed by atoms with Gasteiger partial charge in [0.2, 0.25) is 11.8 Å². The Kier molecular flexibility index (Phi) is 6.99. The first kappa shape index (κ1) is 22.1. The quantitative estimate of drug-likeness (QED) is 0.389. The lowest BCUT2D eigenvalue weighted by molar-refractivity contribution is 0.0937. The average molecular weight is 444 g/mol. The normalized spacial score (nSPS) is 11.6. The van der Waals surface area contributed by atoms with Gasteiger partial charge in [0, 0.05) is 11.1 Å². The fraction of sp³-hybridized carbons (Fsp3) is 0.192. The Bertz CT molecular complexity index is 1190. The zero-order valence-electron chi connectivity index (χ0n) is 18.5. The van der Waals surface area contributed by atoms with Crippen LogP contribution < -0.4 is 14.8 Å². The molecule has 7 nitrogen and oxygen atoms in total. The number of carbonyl (C=O) groups excluding carboxylic acids is 1. The highest BCUT2D eigenvalue weighted by atomic mass is 16.5. The summed E-state index contributed by atoms with van der Waals surface area (Å²) in [6.07, 6.45) is 0. The summed E-state index contributed by atoms with van der Waals surface area (Å²) >= 11 is 0. The Hall–Kier alpha value is -4.13. The molecule has 0 aliphatic carbocycles. The van der Waals surface area contributed by atoms with Crippen LogP contribution in [0.1, 0.15) is 41.7 Å². The lowest BCUT2D eigenvalue weighted by Crippen LogP contribution is -2.29. The van der Waals surface area contributed by atoms with Gasteiger partial charge in [0.25, 0.3) is 5.91 Å². The zero-order valence-corrected chi connectivity index (χ0v) is 18.5. The zero-order chi connectivity index (χ0) is 23.0. The first-order valence-corrected chi connectivity index (χ1v) is 10.8. The van der Waals surface area contributed by atoms with E-state index < -0.39 is 6.04 Å². The van der Waals surface area contributed by atoms with Crippen LogP contribution >= 0.6 is 0 Å². The predicted molar refractivity (Wildman–Crippen MR) is 124 cm³/mol. The molecule has 1 atom stereocenters. The van der Waals surface area contributed by atoms with E-state index in [9.17, 15) is 4.79 Å². The molecule has 0 unspecified atom stereocenters. The molecule has 33 heavy (non-hydrogen) atoms. The van der Waals surface area contributed by atoms with Crippen LogP contribution in [0.2, 0.25) is 0 Å². The lowest BCUT2D eigenvalue weighted by atomic mass is 10.1. The molecule has 4 aromatic rings. The van der Waals surface area contributed by atoms with Gasteiger partial charge < -0.3 is 19.2 Å². The third-order valence-electron chi connectivity index (χ3n) is 4.92. The van der Waals surface area contributed by atoms with Gasteiger partial charge in [0.15, 0.2) is 11.5 Å². The summed E-state index contributed by atoms with van der Waals surface area (Å²) in [5, 5.41) is 11.4. The van der Waals surface area contributed by atoms with Gasteiger partial charge in [0.1, 0.15) is 6.04 Å². The first-order chi connectivity index (χ1) is 16.2. The summed E-state index contributed by atoms with van der Waals surface area (Å²) in [5.74, 6) is 1.50. The molecule has 7 heteroatoms. The number of ether oxygens (including phenoxy) is 2. The molecule has 0 fully saturated rings. The van der Waals surface area contributed by atoms with Gasteiger partial charge in [-0.2, -0.15) is 0 Å². The van der Waals surface area contributed by atoms with Crippen molar-refractivity contribution in [3.8, 4) is 23.0 Å². The van der Waals surface area contributed by atoms with Crippen LogP contribution in [-0.4, -0.2) is 29.3 Å². The molecular formula is C26H25N3O4. The van der Waals surface area contributed by atoms with Gasteiger partial charge in [-0.15, -0.1) is 10.2 Å². The van der Waals surface area contributed by atoms with Crippen molar-refractivity contribution in [1.29, 1.82) is 0 Å². The van der Waals surface area contributed by atoms with Crippen LogP contribution in [0, 0.1) is 0 Å². The molecule has 0 aliphatic rings. The number of rotatable bonds is 9. The van der Waals surface area contributed by atoms with E-state index in [2.05, 4.69) is 15.5 Å². The number of carbonyl (C=O) groups is 1. The molecule has 0 aliphatic heterocycles. The Balaban J connectivity index is 1.64. The lowest BCUT2D eigenvalue weighted by Gasteiger charge is -2.17. The van der Waals surface area contributed by atoms with Crippen molar-refractivity contribution in [2.24, 2.45) is 0 Å². The van der Waals surface area contributed by atoms with E-state index >= 15 is 0 Å². The fourth-order valence-electron chi connectivity index (χ4n) is 3.39. The molecule has 1 heterocycles. The molecule has 0 spiro atoms. The summed E-state index contributed by atoms with van der Waals surface area (Å²) < 4.78 is 17.2. The summed E-state index contributed by atoms with van der Waals surface area (Å²) in [4.78, 5) is 13.2. The highest BCUT2D eigenvalue weighted by Gasteiger charge is 2.24. The average Bonchev–Trinajstić information content (AvgIpc) is 3.35. The van der Waals surface area contributed by atoms with Gasteiger partial charge in [-0.05, 0) is 49.7 Å². The van der Waals surface area contributed by atoms with Crippen LogP contribution in [0.15, 0.2) is 83.3 Å². The van der Waals surface area contributed by atoms with E-state index in [1.165, 1.54) is 0 Å². The summed E-state index contributed by atoms with van der Waals surface area (Å²) in [6.45, 7) is 4.74. The highest BCUT2D eigenvalue weighted by molar-refractivity contribution is 5.95. The number of nitrogens with one attached hydrogen (secondary N) is 1. The molecule has 168 valence electrons. The van der Waals surface area contributed by atoms with Crippen molar-refractivity contribution in [3.63, 3.8) is 0 Å². The third-order valence-corrected chi connectivity index (χ3v) is 4.92. The number of amides is 1. The van der Waals surface area contributed by atoms with E-state index in [0.717, 1.165) is 11.1 Å². The number of hydrogen-bond acceptors (Lipinski definition) is 6. The molecule has 0 bridgehead atoms. The van der Waals surface area contributed by atoms with Crippen molar-refractivity contribution < 1.29 is 18.7 Å². The van der Waals surface area contributed by atoms with Crippen LogP contribution in [0.3, 0.4) is 0 Å². The molecular weight excluding hydrogens is 418 g/mol. The SMILES string of the molecule is CCOc1ccc(C(=O)N[C@H](c2ccccc2)c2nnc(-c3ccccc3)o2)cc1OCC. The van der Waals surface area contributed by atoms with Crippen molar-refractivity contribution >= 4 is 5.91 Å². The molecule has 3 aromatic carbocycles. The maximum atomic E-state index is 13.2. The third kappa shape index (κ3) is 5.20. The van der Waals surface area contributed by atoms with E-state index in [4.69, 9.17) is 13.9 Å². The van der Waals surface area contributed by atoms with Crippen LogP contribution in [-0.2, 0) is 0 Å². The molecule has 0 radical (unpaired) electrons. The van der Waals surface area contributed by atoms with Crippen molar-refractivity contribution in [3.05, 3.63) is 95.9 Å². The van der Waals surface area contributed by atoms with Gasteiger partial charge in [0.05, 0.1) is 13.2 Å². The second kappa shape index (κ2) is 10.5. The molecule has 1 N–H and O–H groups in total. The summed E-state index contributed by atoms with van der Waals surface area (Å²) in [7, 11) is 0. The number of hydrogen-bond donors (Lipinski definition) is 1. The van der Waals surface area contributed by atoms with Crippen LogP contribution in [0.25, 0.3) is 11.5 Å². The molecule has 1 amide bonds. The fourth-order valence-corrected chi connectivity index (χ4v) is 3.39. The van der Waals surface area contributed by atoms with Gasteiger partial charge in [-0.25, -0.2) is 0 Å². The molecule has 1 aromatic heterocycles. The minimum atomic E-state index is -0.620. The van der Waals surface area contributed by atoms with Gasteiger partial charge in [-0.1, -0.05) is 48.5 Å². The van der Waals surface area contributed by atoms with Crippen LogP contribution in [0.4, 0.5) is 0 Å². The number of aromatic nitrogens is 2. The number of benzene rings is 3. The summed E-state index contributed by atoms with van der Waals surface area (Å²) in [6, 6.07) is 23.5. The van der Waals surface area contributed by atoms with E-state index in [0.29, 0.717) is 42.1 Å². The van der Waals surface area contributed by atoms with Gasteiger partial charge in [-0.3, -0.25) is 4.79 Å². The van der Waals surface area contributed by atoms with Gasteiger partial charge >= 0.3 is 0 Å². The Morgan fingerprint density at radius 3 is 2.24 bits per heavy atom. The van der Waals surface area contributed by atoms with Crippen LogP contribution in [0.5, 0.6) is 11.5 Å². The Morgan fingerprint density at radius 1 is 0.879 bits per heavy atom. The highest BCUT2D eigenvalue weighted by Crippen LogP contribution is 2.30. The molecule has 4 rings (SSSR count). The van der Waals surface area contributed by atoms with E-state index in [1.54, 1.807) is 18.2 Å². The second-order valence-electron chi connectivity index (χ2n) is 7.16. The predicted octanol–water partition coefficient (Wildman–Crippen LogP) is 5.05. The maximum absolute atomic E-state index is 13.2. The Labute approximate surface area is 192 Å². The van der Waals surface area contributed by atoms with Crippen molar-refractivity contribution in [2.75, 3.05) is 13.2 Å². The van der Waals surface area contributed by atoms with Crippen molar-refractivity contribution in [2.45, 2.75) is 19.9 Å². The molecule has 0 saturated carbocycles. The maximum Gasteiger partial charge on any atom is 0.252 e.